The fraction of sp³-hybridized carbons (Fsp3) is 0.483. The number of aliphatic hydroxyl groups is 1. The van der Waals surface area contributed by atoms with Crippen LogP contribution in [0.1, 0.15) is 82.8 Å². The fourth-order valence-electron chi connectivity index (χ4n) is 5.50. The zero-order chi connectivity index (χ0) is 26.9. The van der Waals surface area contributed by atoms with Gasteiger partial charge in [0, 0.05) is 17.6 Å². The molecule has 0 bridgehead atoms. The number of ether oxygens (including phenoxy) is 1. The topological polar surface area (TPSA) is 105 Å². The third kappa shape index (κ3) is 5.96. The van der Waals surface area contributed by atoms with E-state index >= 15 is 0 Å². The Bertz CT molecular complexity index is 1170. The van der Waals surface area contributed by atoms with Gasteiger partial charge in [-0.05, 0) is 64.2 Å². The number of carbonyl (C=O) groups is 2. The van der Waals surface area contributed by atoms with Gasteiger partial charge in [0.25, 0.3) is 6.47 Å². The number of nitrogens with zero attached hydrogens (tertiary/aromatic N) is 3. The molecule has 0 saturated heterocycles. The van der Waals surface area contributed by atoms with E-state index < -0.39 is 6.10 Å². The predicted octanol–water partition coefficient (Wildman–Crippen LogP) is 6.26. The number of amides is 1. The molecule has 4 rings (SSSR count). The van der Waals surface area contributed by atoms with E-state index in [-0.39, 0.29) is 18.6 Å². The highest BCUT2D eigenvalue weighted by atomic mass is 16.5. The lowest BCUT2D eigenvalue weighted by Crippen LogP contribution is -2.42. The van der Waals surface area contributed by atoms with Gasteiger partial charge in [-0.2, -0.15) is 0 Å². The van der Waals surface area contributed by atoms with Gasteiger partial charge < -0.3 is 19.5 Å². The first-order valence-electron chi connectivity index (χ1n) is 13.1. The van der Waals surface area contributed by atoms with Crippen LogP contribution in [0.4, 0.5) is 10.5 Å². The van der Waals surface area contributed by atoms with Gasteiger partial charge in [0.1, 0.15) is 11.9 Å². The molecule has 0 radical (unpaired) electrons. The zero-order valence-electron chi connectivity index (χ0n) is 22.3. The van der Waals surface area contributed by atoms with Crippen molar-refractivity contribution in [3.05, 3.63) is 59.5 Å². The van der Waals surface area contributed by atoms with Crippen LogP contribution in [0.15, 0.2) is 48.1 Å². The number of fused-ring (bicyclic) bond motifs is 3. The average Bonchev–Trinajstić information content (AvgIpc) is 3.31. The number of rotatable bonds is 5. The number of anilines is 1. The van der Waals surface area contributed by atoms with Crippen molar-refractivity contribution in [2.24, 2.45) is 0 Å². The summed E-state index contributed by atoms with van der Waals surface area (Å²) in [6.07, 6.45) is 16.1. The third-order valence-electron chi connectivity index (χ3n) is 7.19. The zero-order valence-corrected chi connectivity index (χ0v) is 22.3. The summed E-state index contributed by atoms with van der Waals surface area (Å²) in [5, 5.41) is 18.4. The number of benzene rings is 1. The van der Waals surface area contributed by atoms with E-state index in [9.17, 15) is 9.90 Å². The molecule has 2 aromatic rings. The Morgan fingerprint density at radius 1 is 1.16 bits per heavy atom. The smallest absolute Gasteiger partial charge is 0.414 e. The van der Waals surface area contributed by atoms with E-state index in [4.69, 9.17) is 19.6 Å². The van der Waals surface area contributed by atoms with E-state index in [0.717, 1.165) is 53.5 Å². The molecule has 200 valence electrons. The van der Waals surface area contributed by atoms with E-state index in [2.05, 4.69) is 17.6 Å². The van der Waals surface area contributed by atoms with Gasteiger partial charge in [0.2, 0.25) is 0 Å². The van der Waals surface area contributed by atoms with Crippen LogP contribution >= 0.6 is 0 Å². The van der Waals surface area contributed by atoms with Crippen LogP contribution < -0.4 is 4.90 Å². The first-order chi connectivity index (χ1) is 17.9. The number of methoxy groups -OCH3 is 1. The van der Waals surface area contributed by atoms with Crippen LogP contribution in [0.2, 0.25) is 0 Å². The normalized spacial score (nSPS) is 19.5. The number of carboxylic acid groups (broad SMARTS) is 1. The minimum Gasteiger partial charge on any atom is -0.483 e. The van der Waals surface area contributed by atoms with Crippen molar-refractivity contribution in [3.8, 4) is 0 Å². The molecule has 2 unspecified atom stereocenters. The Morgan fingerprint density at radius 2 is 1.86 bits per heavy atom. The van der Waals surface area contributed by atoms with Gasteiger partial charge in [-0.1, -0.05) is 49.6 Å². The van der Waals surface area contributed by atoms with Crippen molar-refractivity contribution in [1.82, 2.24) is 9.55 Å². The SMILES string of the molecule is C\C=C/C=C(\C=C/C)C(O)c1nc2c3c(ccc2n1C1CCCCC1)N(C(=O)OC)C(C)CC3.O=CO. The highest BCUT2D eigenvalue weighted by Gasteiger charge is 2.33. The Morgan fingerprint density at radius 3 is 2.49 bits per heavy atom. The molecular formula is C29H39N3O5. The lowest BCUT2D eigenvalue weighted by atomic mass is 9.93. The monoisotopic (exact) mass is 509 g/mol. The van der Waals surface area contributed by atoms with Gasteiger partial charge >= 0.3 is 6.09 Å². The molecule has 2 heterocycles. The second-order valence-corrected chi connectivity index (χ2v) is 9.49. The quantitative estimate of drug-likeness (QED) is 0.364. The number of aliphatic hydroxyl groups excluding tert-OH is 1. The van der Waals surface area contributed by atoms with Crippen molar-refractivity contribution in [2.45, 2.75) is 83.9 Å². The summed E-state index contributed by atoms with van der Waals surface area (Å²) in [5.41, 5.74) is 4.68. The van der Waals surface area contributed by atoms with E-state index in [1.54, 1.807) is 4.90 Å². The Hall–Kier alpha value is -3.39. The summed E-state index contributed by atoms with van der Waals surface area (Å²) in [6, 6.07) is 4.48. The maximum absolute atomic E-state index is 12.6. The summed E-state index contributed by atoms with van der Waals surface area (Å²) >= 11 is 0. The number of hydrogen-bond donors (Lipinski definition) is 2. The molecule has 1 aromatic heterocycles. The van der Waals surface area contributed by atoms with Crippen LogP contribution in [-0.2, 0) is 16.0 Å². The van der Waals surface area contributed by atoms with Crippen molar-refractivity contribution >= 4 is 29.3 Å². The molecule has 8 nitrogen and oxygen atoms in total. The summed E-state index contributed by atoms with van der Waals surface area (Å²) in [4.78, 5) is 27.8. The molecule has 1 aliphatic carbocycles. The van der Waals surface area contributed by atoms with E-state index in [0.29, 0.717) is 11.9 Å². The number of aromatic nitrogens is 2. The fourth-order valence-corrected chi connectivity index (χ4v) is 5.50. The first kappa shape index (κ1) is 28.2. The Labute approximate surface area is 218 Å². The second-order valence-electron chi connectivity index (χ2n) is 9.49. The summed E-state index contributed by atoms with van der Waals surface area (Å²) in [7, 11) is 1.42. The number of allylic oxidation sites excluding steroid dienone is 4. The summed E-state index contributed by atoms with van der Waals surface area (Å²) in [6.45, 7) is 5.72. The molecular weight excluding hydrogens is 470 g/mol. The van der Waals surface area contributed by atoms with Crippen molar-refractivity contribution < 1.29 is 24.5 Å². The van der Waals surface area contributed by atoms with Gasteiger partial charge in [-0.15, -0.1) is 0 Å². The molecule has 8 heteroatoms. The van der Waals surface area contributed by atoms with Gasteiger partial charge in [0.05, 0.1) is 23.8 Å². The third-order valence-corrected chi connectivity index (χ3v) is 7.19. The molecule has 2 atom stereocenters. The highest BCUT2D eigenvalue weighted by molar-refractivity contribution is 5.95. The van der Waals surface area contributed by atoms with Crippen molar-refractivity contribution in [1.29, 1.82) is 0 Å². The largest absolute Gasteiger partial charge is 0.483 e. The number of imidazole rings is 1. The molecule has 1 aromatic carbocycles. The molecule has 1 fully saturated rings. The summed E-state index contributed by atoms with van der Waals surface area (Å²) < 4.78 is 7.37. The van der Waals surface area contributed by atoms with E-state index in [1.807, 2.05) is 50.3 Å². The predicted molar refractivity (Wildman–Crippen MR) is 146 cm³/mol. The number of aryl methyl sites for hydroxylation is 1. The molecule has 1 aliphatic heterocycles. The first-order valence-corrected chi connectivity index (χ1v) is 13.1. The molecule has 1 amide bonds. The number of carbonyl (C=O) groups excluding carboxylic acids is 1. The maximum atomic E-state index is 12.6. The standard InChI is InChI=1S/C28H37N3O3.CH2O2/c1-5-7-12-20(11-6-2)26(32)27-29-25-22-16-15-19(3)30(28(33)34-4)23(22)17-18-24(25)31(27)21-13-9-8-10-14-21;2-1-3/h5-7,11-12,17-19,21,26,32H,8-10,13-16H2,1-4H3;1H,(H,2,3)/b7-5-,11-6-,20-12+;. The minimum atomic E-state index is -0.836. The highest BCUT2D eigenvalue weighted by Crippen LogP contribution is 2.41. The molecule has 1 saturated carbocycles. The van der Waals surface area contributed by atoms with Crippen LogP contribution in [0.25, 0.3) is 11.0 Å². The Kier molecular flexibility index (Phi) is 10.1. The molecule has 2 aliphatic rings. The molecule has 2 N–H and O–H groups in total. The average molecular weight is 510 g/mol. The van der Waals surface area contributed by atoms with Crippen LogP contribution in [0, 0.1) is 0 Å². The van der Waals surface area contributed by atoms with Gasteiger partial charge in [-0.25, -0.2) is 9.78 Å². The molecule has 37 heavy (non-hydrogen) atoms. The minimum absolute atomic E-state index is 0.0629. The Balaban J connectivity index is 0.00000121. The lowest BCUT2D eigenvalue weighted by Gasteiger charge is -2.34. The summed E-state index contributed by atoms with van der Waals surface area (Å²) in [5.74, 6) is 0.687. The van der Waals surface area contributed by atoms with Crippen LogP contribution in [0.5, 0.6) is 0 Å². The second kappa shape index (κ2) is 13.2. The van der Waals surface area contributed by atoms with Gasteiger partial charge in [0.15, 0.2) is 0 Å². The van der Waals surface area contributed by atoms with Crippen LogP contribution in [-0.4, -0.2) is 45.5 Å². The van der Waals surface area contributed by atoms with Crippen molar-refractivity contribution in [2.75, 3.05) is 12.0 Å². The number of hydrogen-bond acceptors (Lipinski definition) is 5. The van der Waals surface area contributed by atoms with Gasteiger partial charge in [-0.3, -0.25) is 9.69 Å². The van der Waals surface area contributed by atoms with E-state index in [1.165, 1.54) is 26.4 Å². The van der Waals surface area contributed by atoms with Crippen molar-refractivity contribution in [3.63, 3.8) is 0 Å². The maximum Gasteiger partial charge on any atom is 0.414 e. The van der Waals surface area contributed by atoms with Crippen LogP contribution in [0.3, 0.4) is 0 Å². The lowest BCUT2D eigenvalue weighted by molar-refractivity contribution is -0.122. The molecule has 0 spiro atoms.